The summed E-state index contributed by atoms with van der Waals surface area (Å²) in [6.07, 6.45) is 6.17. The third-order valence-corrected chi connectivity index (χ3v) is 3.52. The Morgan fingerprint density at radius 2 is 1.86 bits per heavy atom. The predicted octanol–water partition coefficient (Wildman–Crippen LogP) is 2.41. The van der Waals surface area contributed by atoms with Crippen molar-refractivity contribution in [3.8, 4) is 0 Å². The standard InChI is InChI=1S/C17H32N2O3/c1-6-7-8-9-10-15(17(21)22-5)19-16(20)14(4)18-12-11-13(2)3/h6,13-15,18H,1,7-12H2,2-5H3,(H,19,20)/t14?,15-/m0/s1. The first-order chi connectivity index (χ1) is 10.4. The summed E-state index contributed by atoms with van der Waals surface area (Å²) in [5, 5.41) is 5.96. The van der Waals surface area contributed by atoms with Crippen molar-refractivity contribution >= 4 is 11.9 Å². The highest BCUT2D eigenvalue weighted by atomic mass is 16.5. The molecule has 5 heteroatoms. The highest BCUT2D eigenvalue weighted by Crippen LogP contribution is 2.06. The zero-order valence-corrected chi connectivity index (χ0v) is 14.5. The van der Waals surface area contributed by atoms with Crippen LogP contribution in [0.25, 0.3) is 0 Å². The summed E-state index contributed by atoms with van der Waals surface area (Å²) in [7, 11) is 1.34. The molecular weight excluding hydrogens is 280 g/mol. The maximum absolute atomic E-state index is 12.1. The van der Waals surface area contributed by atoms with Gasteiger partial charge < -0.3 is 15.4 Å². The summed E-state index contributed by atoms with van der Waals surface area (Å²) in [4.78, 5) is 23.9. The topological polar surface area (TPSA) is 67.4 Å². The van der Waals surface area contributed by atoms with E-state index < -0.39 is 6.04 Å². The first-order valence-electron chi connectivity index (χ1n) is 8.14. The fourth-order valence-electron chi connectivity index (χ4n) is 2.01. The van der Waals surface area contributed by atoms with E-state index in [1.807, 2.05) is 13.0 Å². The van der Waals surface area contributed by atoms with Crippen LogP contribution in [0.3, 0.4) is 0 Å². The normalized spacial score (nSPS) is 13.5. The van der Waals surface area contributed by atoms with E-state index in [2.05, 4.69) is 31.1 Å². The van der Waals surface area contributed by atoms with Gasteiger partial charge in [0.25, 0.3) is 0 Å². The fraction of sp³-hybridized carbons (Fsp3) is 0.765. The third kappa shape index (κ3) is 9.55. The molecule has 1 amide bonds. The molecular formula is C17H32N2O3. The molecule has 0 rings (SSSR count). The van der Waals surface area contributed by atoms with Crippen LogP contribution >= 0.6 is 0 Å². The van der Waals surface area contributed by atoms with E-state index in [9.17, 15) is 9.59 Å². The molecule has 0 fully saturated rings. The van der Waals surface area contributed by atoms with Crippen LogP contribution in [-0.2, 0) is 14.3 Å². The molecule has 0 radical (unpaired) electrons. The first kappa shape index (κ1) is 20.6. The second-order valence-electron chi connectivity index (χ2n) is 6.02. The molecule has 22 heavy (non-hydrogen) atoms. The molecule has 0 saturated heterocycles. The summed E-state index contributed by atoms with van der Waals surface area (Å²) in [5.41, 5.74) is 0. The van der Waals surface area contributed by atoms with E-state index in [1.165, 1.54) is 7.11 Å². The Bertz CT molecular complexity index is 343. The largest absolute Gasteiger partial charge is 0.467 e. The molecule has 1 unspecified atom stereocenters. The van der Waals surface area contributed by atoms with Crippen molar-refractivity contribution in [2.75, 3.05) is 13.7 Å². The van der Waals surface area contributed by atoms with Gasteiger partial charge in [-0.1, -0.05) is 26.3 Å². The molecule has 0 aliphatic rings. The molecule has 0 aromatic carbocycles. The fourth-order valence-corrected chi connectivity index (χ4v) is 2.01. The molecule has 0 saturated carbocycles. The van der Waals surface area contributed by atoms with Crippen molar-refractivity contribution in [1.29, 1.82) is 0 Å². The zero-order chi connectivity index (χ0) is 17.0. The van der Waals surface area contributed by atoms with Gasteiger partial charge in [-0.25, -0.2) is 4.79 Å². The first-order valence-corrected chi connectivity index (χ1v) is 8.14. The number of hydrogen-bond acceptors (Lipinski definition) is 4. The monoisotopic (exact) mass is 312 g/mol. The van der Waals surface area contributed by atoms with Crippen LogP contribution in [0.15, 0.2) is 12.7 Å². The second kappa shape index (κ2) is 12.2. The van der Waals surface area contributed by atoms with E-state index in [4.69, 9.17) is 4.74 Å². The molecule has 0 aromatic rings. The number of ether oxygens (including phenoxy) is 1. The van der Waals surface area contributed by atoms with Crippen LogP contribution in [0.4, 0.5) is 0 Å². The molecule has 2 atom stereocenters. The molecule has 0 aliphatic heterocycles. The van der Waals surface area contributed by atoms with Gasteiger partial charge in [0.1, 0.15) is 6.04 Å². The minimum atomic E-state index is -0.573. The lowest BCUT2D eigenvalue weighted by atomic mass is 10.1. The molecule has 2 N–H and O–H groups in total. The van der Waals surface area contributed by atoms with Gasteiger partial charge in [-0.15, -0.1) is 6.58 Å². The van der Waals surface area contributed by atoms with Gasteiger partial charge in [0.05, 0.1) is 13.2 Å². The molecule has 0 aromatic heterocycles. The van der Waals surface area contributed by atoms with Gasteiger partial charge in [-0.3, -0.25) is 4.79 Å². The van der Waals surface area contributed by atoms with Crippen LogP contribution in [0, 0.1) is 5.92 Å². The number of hydrogen-bond donors (Lipinski definition) is 2. The Morgan fingerprint density at radius 1 is 1.18 bits per heavy atom. The smallest absolute Gasteiger partial charge is 0.328 e. The summed E-state index contributed by atoms with van der Waals surface area (Å²) >= 11 is 0. The average molecular weight is 312 g/mol. The van der Waals surface area contributed by atoms with Crippen molar-refractivity contribution in [2.24, 2.45) is 5.92 Å². The Morgan fingerprint density at radius 3 is 2.41 bits per heavy atom. The summed E-state index contributed by atoms with van der Waals surface area (Å²) < 4.78 is 4.77. The van der Waals surface area contributed by atoms with Crippen molar-refractivity contribution in [3.63, 3.8) is 0 Å². The Balaban J connectivity index is 4.28. The number of allylic oxidation sites excluding steroid dienone is 1. The van der Waals surface area contributed by atoms with Gasteiger partial charge in [-0.2, -0.15) is 0 Å². The van der Waals surface area contributed by atoms with E-state index in [1.54, 1.807) is 0 Å². The number of esters is 1. The summed E-state index contributed by atoms with van der Waals surface area (Å²) in [6.45, 7) is 10.5. The van der Waals surface area contributed by atoms with Crippen LogP contribution in [0.5, 0.6) is 0 Å². The molecule has 0 spiro atoms. The van der Waals surface area contributed by atoms with Crippen LogP contribution < -0.4 is 10.6 Å². The van der Waals surface area contributed by atoms with Gasteiger partial charge >= 0.3 is 5.97 Å². The van der Waals surface area contributed by atoms with E-state index in [-0.39, 0.29) is 17.9 Å². The number of amides is 1. The quantitative estimate of drug-likeness (QED) is 0.330. The van der Waals surface area contributed by atoms with Crippen LogP contribution in [0.2, 0.25) is 0 Å². The Hall–Kier alpha value is -1.36. The zero-order valence-electron chi connectivity index (χ0n) is 14.5. The van der Waals surface area contributed by atoms with E-state index in [0.29, 0.717) is 12.3 Å². The summed E-state index contributed by atoms with van der Waals surface area (Å²) in [5.74, 6) is 0.0413. The van der Waals surface area contributed by atoms with Crippen LogP contribution in [0.1, 0.15) is 52.9 Å². The number of carbonyl (C=O) groups is 2. The minimum absolute atomic E-state index is 0.164. The third-order valence-electron chi connectivity index (χ3n) is 3.52. The van der Waals surface area contributed by atoms with E-state index >= 15 is 0 Å². The number of methoxy groups -OCH3 is 1. The van der Waals surface area contributed by atoms with Crippen molar-refractivity contribution < 1.29 is 14.3 Å². The van der Waals surface area contributed by atoms with E-state index in [0.717, 1.165) is 32.2 Å². The van der Waals surface area contributed by atoms with Gasteiger partial charge in [-0.05, 0) is 45.1 Å². The number of carbonyl (C=O) groups excluding carboxylic acids is 2. The Kier molecular flexibility index (Phi) is 11.5. The maximum atomic E-state index is 12.1. The van der Waals surface area contributed by atoms with Gasteiger partial charge in [0.15, 0.2) is 0 Å². The maximum Gasteiger partial charge on any atom is 0.328 e. The molecule has 0 aliphatic carbocycles. The number of rotatable bonds is 12. The summed E-state index contributed by atoms with van der Waals surface area (Å²) in [6, 6.07) is -0.893. The van der Waals surface area contributed by atoms with Gasteiger partial charge in [0.2, 0.25) is 5.91 Å². The second-order valence-corrected chi connectivity index (χ2v) is 6.02. The molecule has 5 nitrogen and oxygen atoms in total. The highest BCUT2D eigenvalue weighted by Gasteiger charge is 2.23. The molecule has 128 valence electrons. The predicted molar refractivity (Wildman–Crippen MR) is 89.5 cm³/mol. The van der Waals surface area contributed by atoms with Crippen molar-refractivity contribution in [3.05, 3.63) is 12.7 Å². The van der Waals surface area contributed by atoms with Crippen LogP contribution in [-0.4, -0.2) is 37.6 Å². The molecule has 0 heterocycles. The van der Waals surface area contributed by atoms with Crippen molar-refractivity contribution in [2.45, 2.75) is 65.0 Å². The number of nitrogens with one attached hydrogen (secondary N) is 2. The minimum Gasteiger partial charge on any atom is -0.467 e. The van der Waals surface area contributed by atoms with Crippen molar-refractivity contribution in [1.82, 2.24) is 10.6 Å². The average Bonchev–Trinajstić information content (AvgIpc) is 2.48. The van der Waals surface area contributed by atoms with Gasteiger partial charge in [0, 0.05) is 0 Å². The number of unbranched alkanes of at least 4 members (excludes halogenated alkanes) is 2. The lowest BCUT2D eigenvalue weighted by Gasteiger charge is -2.20. The SMILES string of the molecule is C=CCCCC[C@H](NC(=O)C(C)NCCC(C)C)C(=O)OC. The highest BCUT2D eigenvalue weighted by molar-refractivity contribution is 5.87. The lowest BCUT2D eigenvalue weighted by molar-refractivity contribution is -0.145. The lowest BCUT2D eigenvalue weighted by Crippen LogP contribution is -2.49. The molecule has 0 bridgehead atoms. The Labute approximate surface area is 134 Å².